The van der Waals surface area contributed by atoms with Gasteiger partial charge >= 0.3 is 0 Å². The quantitative estimate of drug-likeness (QED) is 0.772. The Morgan fingerprint density at radius 1 is 1.08 bits per heavy atom. The minimum Gasteiger partial charge on any atom is -0.398 e. The van der Waals surface area contributed by atoms with Gasteiger partial charge in [-0.1, -0.05) is 30.3 Å². The summed E-state index contributed by atoms with van der Waals surface area (Å²) in [5, 5.41) is 4.10. The summed E-state index contributed by atoms with van der Waals surface area (Å²) in [5.74, 6) is 0. The van der Waals surface area contributed by atoms with Crippen molar-refractivity contribution in [3.63, 3.8) is 0 Å². The van der Waals surface area contributed by atoms with Gasteiger partial charge < -0.3 is 5.73 Å². The van der Waals surface area contributed by atoms with Gasteiger partial charge in [0.25, 0.3) is 0 Å². The summed E-state index contributed by atoms with van der Waals surface area (Å²) in [6.45, 7) is 0. The zero-order valence-corrected chi connectivity index (χ0v) is 8.05. The zero-order chi connectivity index (χ0) is 9.10. The van der Waals surface area contributed by atoms with Crippen molar-refractivity contribution in [1.29, 1.82) is 0 Å². The average Bonchev–Trinajstić information content (AvgIpc) is 2.54. The molecule has 2 N–H and O–H groups in total. The Labute approximate surface area is 81.8 Å². The van der Waals surface area contributed by atoms with Gasteiger partial charge in [0.2, 0.25) is 0 Å². The van der Waals surface area contributed by atoms with Gasteiger partial charge in [-0.15, -0.1) is 11.3 Å². The fourth-order valence-electron chi connectivity index (χ4n) is 1.29. The van der Waals surface area contributed by atoms with Crippen LogP contribution in [0.4, 0.5) is 5.69 Å². The van der Waals surface area contributed by atoms with E-state index >= 15 is 0 Å². The van der Waals surface area contributed by atoms with E-state index in [9.17, 15) is 0 Å². The van der Waals surface area contributed by atoms with Gasteiger partial charge in [0.15, 0.2) is 0 Å². The topological polar surface area (TPSA) is 26.0 Å². The molecule has 66 valence electrons. The average molecular weight is 189 g/mol. The van der Waals surface area contributed by atoms with Gasteiger partial charge in [0, 0.05) is 17.5 Å². The minimum atomic E-state index is 0.911. The van der Waals surface area contributed by atoms with Gasteiger partial charge in [-0.05, 0) is 16.5 Å². The summed E-state index contributed by atoms with van der Waals surface area (Å²) in [5.41, 5.74) is 9.25. The molecule has 1 heterocycles. The van der Waals surface area contributed by atoms with Gasteiger partial charge in [0.05, 0.1) is 0 Å². The first-order valence-corrected chi connectivity index (χ1v) is 5.15. The van der Waals surface area contributed by atoms with E-state index in [-0.39, 0.29) is 0 Å². The first-order valence-electron chi connectivity index (χ1n) is 4.21. The number of hydrogen-bond donors (Lipinski definition) is 1. The zero-order valence-electron chi connectivity index (χ0n) is 7.23. The van der Waals surface area contributed by atoms with Crippen LogP contribution in [0.1, 0.15) is 11.1 Å². The number of rotatable bonds is 2. The lowest BCUT2D eigenvalue weighted by molar-refractivity contribution is 1.21. The van der Waals surface area contributed by atoms with Gasteiger partial charge in [0.1, 0.15) is 0 Å². The molecule has 13 heavy (non-hydrogen) atoms. The van der Waals surface area contributed by atoms with Crippen LogP contribution in [0.5, 0.6) is 0 Å². The fraction of sp³-hybridized carbons (Fsp3) is 0.0909. The van der Waals surface area contributed by atoms with Crippen molar-refractivity contribution in [1.82, 2.24) is 0 Å². The standard InChI is InChI=1S/C11H11NS/c12-11-8-13-7-10(11)6-9-4-2-1-3-5-9/h1-5,7-8H,6,12H2. The predicted molar refractivity (Wildman–Crippen MR) is 58.0 cm³/mol. The smallest absolute Gasteiger partial charge is 0.0458 e. The highest BCUT2D eigenvalue weighted by Gasteiger charge is 2.00. The highest BCUT2D eigenvalue weighted by Crippen LogP contribution is 2.20. The summed E-state index contributed by atoms with van der Waals surface area (Å²) in [7, 11) is 0. The SMILES string of the molecule is Nc1cscc1Cc1ccccc1. The Bertz CT molecular complexity index is 378. The van der Waals surface area contributed by atoms with Crippen LogP contribution in [-0.4, -0.2) is 0 Å². The van der Waals surface area contributed by atoms with Crippen LogP contribution in [0.25, 0.3) is 0 Å². The van der Waals surface area contributed by atoms with Crippen molar-refractivity contribution in [2.75, 3.05) is 5.73 Å². The third-order valence-electron chi connectivity index (χ3n) is 2.01. The summed E-state index contributed by atoms with van der Waals surface area (Å²) >= 11 is 1.66. The maximum Gasteiger partial charge on any atom is 0.0458 e. The van der Waals surface area contributed by atoms with E-state index in [2.05, 4.69) is 29.6 Å². The molecule has 0 amide bonds. The first kappa shape index (κ1) is 8.32. The predicted octanol–water partition coefficient (Wildman–Crippen LogP) is 2.92. The van der Waals surface area contributed by atoms with E-state index in [1.165, 1.54) is 11.1 Å². The summed E-state index contributed by atoms with van der Waals surface area (Å²) in [6, 6.07) is 10.4. The van der Waals surface area contributed by atoms with Crippen LogP contribution in [0, 0.1) is 0 Å². The van der Waals surface area contributed by atoms with Crippen LogP contribution in [0.2, 0.25) is 0 Å². The molecule has 2 aromatic rings. The van der Waals surface area contributed by atoms with Crippen molar-refractivity contribution in [2.24, 2.45) is 0 Å². The molecule has 1 aromatic heterocycles. The molecule has 0 unspecified atom stereocenters. The minimum absolute atomic E-state index is 0.911. The molecule has 0 radical (unpaired) electrons. The normalized spacial score (nSPS) is 10.2. The first-order chi connectivity index (χ1) is 6.36. The molecule has 2 rings (SSSR count). The van der Waals surface area contributed by atoms with Crippen molar-refractivity contribution in [2.45, 2.75) is 6.42 Å². The lowest BCUT2D eigenvalue weighted by Gasteiger charge is -1.99. The third-order valence-corrected chi connectivity index (χ3v) is 2.82. The van der Waals surface area contributed by atoms with E-state index < -0.39 is 0 Å². The van der Waals surface area contributed by atoms with Crippen molar-refractivity contribution < 1.29 is 0 Å². The second-order valence-electron chi connectivity index (χ2n) is 3.01. The summed E-state index contributed by atoms with van der Waals surface area (Å²) in [6.07, 6.45) is 0.941. The number of thiophene rings is 1. The largest absolute Gasteiger partial charge is 0.398 e. The number of anilines is 1. The molecule has 0 aliphatic carbocycles. The van der Waals surface area contributed by atoms with Crippen molar-refractivity contribution >= 4 is 17.0 Å². The Morgan fingerprint density at radius 3 is 2.46 bits per heavy atom. The highest BCUT2D eigenvalue weighted by atomic mass is 32.1. The maximum atomic E-state index is 5.80. The van der Waals surface area contributed by atoms with Gasteiger partial charge in [-0.25, -0.2) is 0 Å². The molecule has 1 nitrogen and oxygen atoms in total. The van der Waals surface area contributed by atoms with Crippen LogP contribution < -0.4 is 5.73 Å². The Balaban J connectivity index is 2.20. The Kier molecular flexibility index (Phi) is 2.32. The molecule has 2 heteroatoms. The molecule has 1 aromatic carbocycles. The molecule has 0 fully saturated rings. The molecule has 0 spiro atoms. The monoisotopic (exact) mass is 189 g/mol. The molecule has 0 saturated heterocycles. The summed E-state index contributed by atoms with van der Waals surface area (Å²) < 4.78 is 0. The number of benzene rings is 1. The number of nitrogens with two attached hydrogens (primary N) is 1. The van der Waals surface area contributed by atoms with E-state index in [0.29, 0.717) is 0 Å². The molecular weight excluding hydrogens is 178 g/mol. The van der Waals surface area contributed by atoms with E-state index in [0.717, 1.165) is 12.1 Å². The number of nitrogen functional groups attached to an aromatic ring is 1. The Hall–Kier alpha value is -1.28. The van der Waals surface area contributed by atoms with Crippen LogP contribution in [0.3, 0.4) is 0 Å². The van der Waals surface area contributed by atoms with Gasteiger partial charge in [-0.2, -0.15) is 0 Å². The van der Waals surface area contributed by atoms with Crippen LogP contribution in [0.15, 0.2) is 41.1 Å². The second kappa shape index (κ2) is 3.62. The lowest BCUT2D eigenvalue weighted by Crippen LogP contribution is -1.90. The van der Waals surface area contributed by atoms with E-state index in [1.807, 2.05) is 11.4 Å². The van der Waals surface area contributed by atoms with Gasteiger partial charge in [-0.3, -0.25) is 0 Å². The number of hydrogen-bond acceptors (Lipinski definition) is 2. The maximum absolute atomic E-state index is 5.80. The van der Waals surface area contributed by atoms with E-state index in [4.69, 9.17) is 5.73 Å². The molecule has 0 aliphatic heterocycles. The molecule has 0 saturated carbocycles. The molecule has 0 bridgehead atoms. The molecule has 0 atom stereocenters. The van der Waals surface area contributed by atoms with Crippen molar-refractivity contribution in [3.05, 3.63) is 52.2 Å². The molecular formula is C11H11NS. The highest BCUT2D eigenvalue weighted by molar-refractivity contribution is 7.08. The fourth-order valence-corrected chi connectivity index (χ4v) is 2.04. The van der Waals surface area contributed by atoms with Crippen LogP contribution in [-0.2, 0) is 6.42 Å². The van der Waals surface area contributed by atoms with Crippen LogP contribution >= 0.6 is 11.3 Å². The second-order valence-corrected chi connectivity index (χ2v) is 3.76. The summed E-state index contributed by atoms with van der Waals surface area (Å²) in [4.78, 5) is 0. The lowest BCUT2D eigenvalue weighted by atomic mass is 10.1. The Morgan fingerprint density at radius 2 is 1.85 bits per heavy atom. The molecule has 0 aliphatic rings. The van der Waals surface area contributed by atoms with E-state index in [1.54, 1.807) is 11.3 Å². The third kappa shape index (κ3) is 1.90. The van der Waals surface area contributed by atoms with Crippen molar-refractivity contribution in [3.8, 4) is 0 Å².